The molecule has 1 aliphatic heterocycles. The first kappa shape index (κ1) is 11.4. The Morgan fingerprint density at radius 3 is 2.00 bits per heavy atom. The van der Waals surface area contributed by atoms with Crippen molar-refractivity contribution in [2.75, 3.05) is 13.1 Å². The Bertz CT molecular complexity index is 223. The Balaban J connectivity index is 1.89. The van der Waals surface area contributed by atoms with Crippen molar-refractivity contribution < 1.29 is 0 Å². The Morgan fingerprint density at radius 1 is 1.07 bits per heavy atom. The van der Waals surface area contributed by atoms with Gasteiger partial charge in [-0.3, -0.25) is 0 Å². The molecule has 1 saturated heterocycles. The lowest BCUT2D eigenvalue weighted by atomic mass is 9.86. The van der Waals surface area contributed by atoms with Crippen LogP contribution in [-0.4, -0.2) is 20.5 Å². The molecule has 14 heavy (non-hydrogen) atoms. The minimum atomic E-state index is -1.21. The monoisotopic (exact) mass is 271 g/mol. The highest BCUT2D eigenvalue weighted by atomic mass is 35.6. The summed E-state index contributed by atoms with van der Waals surface area (Å²) in [6, 6.07) is 0. The van der Waals surface area contributed by atoms with Gasteiger partial charge in [0, 0.05) is 13.1 Å². The Kier molecular flexibility index (Phi) is 3.60. The molecule has 1 aliphatic carbocycles. The van der Waals surface area contributed by atoms with Crippen LogP contribution in [0.2, 0.25) is 0 Å². The zero-order valence-electron chi connectivity index (χ0n) is 7.63. The van der Waals surface area contributed by atoms with Crippen LogP contribution in [0, 0.1) is 11.8 Å². The van der Waals surface area contributed by atoms with E-state index >= 15 is 0 Å². The predicted octanol–water partition coefficient (Wildman–Crippen LogP) is 3.86. The lowest BCUT2D eigenvalue weighted by molar-refractivity contribution is 0.411. The van der Waals surface area contributed by atoms with Crippen molar-refractivity contribution in [1.82, 2.24) is 4.31 Å². The van der Waals surface area contributed by atoms with Crippen LogP contribution in [0.3, 0.4) is 0 Å². The lowest BCUT2D eigenvalue weighted by Crippen LogP contribution is -2.16. The Morgan fingerprint density at radius 2 is 1.57 bits per heavy atom. The van der Waals surface area contributed by atoms with Crippen molar-refractivity contribution in [2.45, 2.75) is 16.0 Å². The quantitative estimate of drug-likeness (QED) is 0.405. The van der Waals surface area contributed by atoms with Gasteiger partial charge < -0.3 is 0 Å². The van der Waals surface area contributed by atoms with Gasteiger partial charge in [-0.2, -0.15) is 0 Å². The molecule has 1 heterocycles. The van der Waals surface area contributed by atoms with E-state index in [4.69, 9.17) is 34.8 Å². The summed E-state index contributed by atoms with van der Waals surface area (Å²) < 4.78 is 0.982. The minimum absolute atomic E-state index is 0.764. The van der Waals surface area contributed by atoms with Gasteiger partial charge in [0.25, 0.3) is 3.12 Å². The average Bonchev–Trinajstić information content (AvgIpc) is 2.42. The van der Waals surface area contributed by atoms with Crippen molar-refractivity contribution in [3.63, 3.8) is 0 Å². The summed E-state index contributed by atoms with van der Waals surface area (Å²) in [6.07, 6.45) is 6.90. The van der Waals surface area contributed by atoms with E-state index in [1.807, 2.05) is 0 Å². The lowest BCUT2D eigenvalue weighted by Gasteiger charge is -2.19. The zero-order chi connectivity index (χ0) is 10.2. The van der Waals surface area contributed by atoms with E-state index in [0.29, 0.717) is 0 Å². The fourth-order valence-corrected chi connectivity index (χ4v) is 3.90. The smallest absolute Gasteiger partial charge is 0.246 e. The molecule has 80 valence electrons. The van der Waals surface area contributed by atoms with Crippen LogP contribution >= 0.6 is 46.8 Å². The maximum atomic E-state index is 5.75. The highest BCUT2D eigenvalue weighted by Crippen LogP contribution is 2.45. The molecule has 2 atom stereocenters. The third-order valence-electron chi connectivity index (χ3n) is 2.82. The number of hydrogen-bond acceptors (Lipinski definition) is 2. The zero-order valence-corrected chi connectivity index (χ0v) is 10.7. The van der Waals surface area contributed by atoms with Crippen molar-refractivity contribution in [3.8, 4) is 0 Å². The van der Waals surface area contributed by atoms with Gasteiger partial charge in [-0.25, -0.2) is 4.31 Å². The third-order valence-corrected chi connectivity index (χ3v) is 4.20. The number of fused-ring (bicyclic) bond motifs is 1. The second kappa shape index (κ2) is 4.42. The molecule has 2 rings (SSSR count). The van der Waals surface area contributed by atoms with E-state index in [-0.39, 0.29) is 0 Å². The molecule has 1 fully saturated rings. The van der Waals surface area contributed by atoms with E-state index in [0.717, 1.165) is 24.9 Å². The molecule has 0 amide bonds. The standard InChI is InChI=1S/C9H12Cl3NS/c10-9(11,12)14-13-5-7-3-1-2-4-8(7)6-13/h1-2,7-8H,3-6H2/t7-,8+. The summed E-state index contributed by atoms with van der Waals surface area (Å²) in [4.78, 5) is 0. The third kappa shape index (κ3) is 2.96. The van der Waals surface area contributed by atoms with Gasteiger partial charge in [-0.15, -0.1) is 0 Å². The average molecular weight is 273 g/mol. The largest absolute Gasteiger partial charge is 0.251 e. The van der Waals surface area contributed by atoms with Gasteiger partial charge in [-0.05, 0) is 36.6 Å². The number of rotatable bonds is 1. The summed E-state index contributed by atoms with van der Waals surface area (Å²) in [5.74, 6) is 1.53. The van der Waals surface area contributed by atoms with Crippen LogP contribution in [0.4, 0.5) is 0 Å². The highest BCUT2D eigenvalue weighted by Gasteiger charge is 2.36. The molecule has 1 nitrogen and oxygen atoms in total. The van der Waals surface area contributed by atoms with Gasteiger partial charge in [0.05, 0.1) is 0 Å². The maximum Gasteiger partial charge on any atom is 0.251 e. The Hall–Kier alpha value is 0.920. The maximum absolute atomic E-state index is 5.75. The minimum Gasteiger partial charge on any atom is -0.246 e. The first-order chi connectivity index (χ1) is 6.54. The Labute approximate surface area is 104 Å². The van der Waals surface area contributed by atoms with E-state index in [2.05, 4.69) is 16.5 Å². The second-order valence-corrected chi connectivity index (χ2v) is 8.11. The molecule has 0 aromatic rings. The second-order valence-electron chi connectivity index (χ2n) is 3.85. The topological polar surface area (TPSA) is 3.24 Å². The normalized spacial score (nSPS) is 33.4. The van der Waals surface area contributed by atoms with Gasteiger partial charge in [-0.1, -0.05) is 47.0 Å². The summed E-state index contributed by atoms with van der Waals surface area (Å²) in [7, 11) is 0. The van der Waals surface area contributed by atoms with E-state index < -0.39 is 3.12 Å². The summed E-state index contributed by atoms with van der Waals surface area (Å²) in [5, 5.41) is 0. The SMILES string of the molecule is ClC(Cl)(Cl)SN1C[C@H]2CC=CC[C@H]2C1. The summed E-state index contributed by atoms with van der Waals surface area (Å²) in [5.41, 5.74) is 0. The molecule has 0 bridgehead atoms. The molecule has 0 radical (unpaired) electrons. The molecule has 0 spiro atoms. The van der Waals surface area contributed by atoms with Crippen molar-refractivity contribution in [2.24, 2.45) is 11.8 Å². The fourth-order valence-electron chi connectivity index (χ4n) is 2.19. The molecular formula is C9H12Cl3NS. The highest BCUT2D eigenvalue weighted by molar-refractivity contribution is 8.02. The molecule has 5 heteroatoms. The van der Waals surface area contributed by atoms with Gasteiger partial charge in [0.1, 0.15) is 0 Å². The van der Waals surface area contributed by atoms with Crippen molar-refractivity contribution >= 4 is 46.8 Å². The summed E-state index contributed by atoms with van der Waals surface area (Å²) >= 11 is 18.6. The molecule has 0 aromatic carbocycles. The fraction of sp³-hybridized carbons (Fsp3) is 0.778. The molecule has 0 aromatic heterocycles. The molecular weight excluding hydrogens is 261 g/mol. The number of alkyl halides is 3. The van der Waals surface area contributed by atoms with E-state index in [1.165, 1.54) is 24.8 Å². The van der Waals surface area contributed by atoms with Crippen LogP contribution in [0.5, 0.6) is 0 Å². The van der Waals surface area contributed by atoms with Gasteiger partial charge in [0.2, 0.25) is 0 Å². The van der Waals surface area contributed by atoms with Gasteiger partial charge in [0.15, 0.2) is 0 Å². The van der Waals surface area contributed by atoms with Crippen LogP contribution in [0.25, 0.3) is 0 Å². The number of nitrogens with zero attached hydrogens (tertiary/aromatic N) is 1. The van der Waals surface area contributed by atoms with Crippen molar-refractivity contribution in [1.29, 1.82) is 0 Å². The summed E-state index contributed by atoms with van der Waals surface area (Å²) in [6.45, 7) is 2.10. The van der Waals surface area contributed by atoms with E-state index in [1.54, 1.807) is 0 Å². The van der Waals surface area contributed by atoms with E-state index in [9.17, 15) is 0 Å². The van der Waals surface area contributed by atoms with Crippen LogP contribution in [0.15, 0.2) is 12.2 Å². The van der Waals surface area contributed by atoms with Crippen LogP contribution in [-0.2, 0) is 0 Å². The predicted molar refractivity (Wildman–Crippen MR) is 64.8 cm³/mol. The number of allylic oxidation sites excluding steroid dienone is 2. The van der Waals surface area contributed by atoms with Crippen molar-refractivity contribution in [3.05, 3.63) is 12.2 Å². The molecule has 0 saturated carbocycles. The molecule has 2 aliphatic rings. The molecule has 0 N–H and O–H groups in total. The molecule has 0 unspecified atom stereocenters. The van der Waals surface area contributed by atoms with Crippen LogP contribution in [0.1, 0.15) is 12.8 Å². The number of hydrogen-bond donors (Lipinski definition) is 0. The number of halogens is 3. The van der Waals surface area contributed by atoms with Crippen LogP contribution < -0.4 is 0 Å². The van der Waals surface area contributed by atoms with Gasteiger partial charge >= 0.3 is 0 Å². The first-order valence-electron chi connectivity index (χ1n) is 4.70. The first-order valence-corrected chi connectivity index (χ1v) is 6.61.